The zero-order valence-electron chi connectivity index (χ0n) is 11.7. The summed E-state index contributed by atoms with van der Waals surface area (Å²) in [6.45, 7) is 1.01. The molecule has 1 aromatic rings. The minimum absolute atomic E-state index is 0.0239. The number of nitrogens with zero attached hydrogens (tertiary/aromatic N) is 1. The predicted molar refractivity (Wildman–Crippen MR) is 73.8 cm³/mol. The molecular weight excluding hydrogens is 258 g/mol. The highest BCUT2D eigenvalue weighted by atomic mass is 16.6. The maximum Gasteiger partial charge on any atom is 0.351 e. The van der Waals surface area contributed by atoms with E-state index in [0.717, 1.165) is 24.9 Å². The average molecular weight is 279 g/mol. The van der Waals surface area contributed by atoms with Crippen LogP contribution in [0, 0.1) is 0 Å². The molecule has 1 unspecified atom stereocenters. The van der Waals surface area contributed by atoms with Crippen molar-refractivity contribution in [1.29, 1.82) is 0 Å². The number of ether oxygens (including phenoxy) is 2. The number of likely N-dealkylation sites (tertiary alicyclic amines) is 1. The third-order valence-electron chi connectivity index (χ3n) is 3.58. The van der Waals surface area contributed by atoms with E-state index in [0.29, 0.717) is 0 Å². The van der Waals surface area contributed by atoms with Crippen molar-refractivity contribution in [2.45, 2.75) is 31.7 Å². The molecule has 1 fully saturated rings. The Kier molecular flexibility index (Phi) is 5.52. The molecule has 0 bridgehead atoms. The molecule has 2 rings (SSSR count). The van der Waals surface area contributed by atoms with Gasteiger partial charge in [-0.2, -0.15) is 0 Å². The molecule has 1 aliphatic rings. The summed E-state index contributed by atoms with van der Waals surface area (Å²) in [5, 5.41) is 9.32. The van der Waals surface area contributed by atoms with Crippen LogP contribution in [-0.2, 0) is 20.9 Å². The van der Waals surface area contributed by atoms with Gasteiger partial charge in [-0.25, -0.2) is 4.79 Å². The van der Waals surface area contributed by atoms with Crippen LogP contribution in [0.2, 0.25) is 0 Å². The van der Waals surface area contributed by atoms with E-state index in [1.165, 1.54) is 7.11 Å². The van der Waals surface area contributed by atoms with Crippen LogP contribution in [0.1, 0.15) is 18.4 Å². The fourth-order valence-electron chi connectivity index (χ4n) is 2.53. The predicted octanol–water partition coefficient (Wildman–Crippen LogP) is 1.16. The second-order valence-electron chi connectivity index (χ2n) is 4.90. The molecule has 1 saturated heterocycles. The summed E-state index contributed by atoms with van der Waals surface area (Å²) >= 11 is 0. The maximum atomic E-state index is 12.1. The summed E-state index contributed by atoms with van der Waals surface area (Å²) in [4.78, 5) is 14.0. The van der Waals surface area contributed by atoms with Crippen LogP contribution in [0.5, 0.6) is 0 Å². The first-order valence-electron chi connectivity index (χ1n) is 6.86. The van der Waals surface area contributed by atoms with E-state index >= 15 is 0 Å². The van der Waals surface area contributed by atoms with Crippen LogP contribution in [0.4, 0.5) is 0 Å². The standard InChI is InChI=1S/C15H21NO4/c1-19-14(16-9-5-8-13(16)10-17)15(18)20-11-12-6-3-2-4-7-12/h2-4,6-7,13-14,17H,5,8-11H2,1H3/t13-,14?/m0/s1. The van der Waals surface area contributed by atoms with Gasteiger partial charge in [0, 0.05) is 19.7 Å². The van der Waals surface area contributed by atoms with Gasteiger partial charge < -0.3 is 14.6 Å². The van der Waals surface area contributed by atoms with Crippen LogP contribution >= 0.6 is 0 Å². The third-order valence-corrected chi connectivity index (χ3v) is 3.58. The number of esters is 1. The second kappa shape index (κ2) is 7.38. The SMILES string of the molecule is COC(C(=O)OCc1ccccc1)N1CCC[C@H]1CO. The Labute approximate surface area is 119 Å². The Balaban J connectivity index is 1.92. The van der Waals surface area contributed by atoms with E-state index in [1.807, 2.05) is 35.2 Å². The number of methoxy groups -OCH3 is 1. The van der Waals surface area contributed by atoms with E-state index in [4.69, 9.17) is 9.47 Å². The minimum Gasteiger partial charge on any atom is -0.458 e. The number of rotatable bonds is 6. The van der Waals surface area contributed by atoms with Crippen molar-refractivity contribution in [1.82, 2.24) is 4.90 Å². The lowest BCUT2D eigenvalue weighted by Crippen LogP contribution is -2.47. The summed E-state index contributed by atoms with van der Waals surface area (Å²) in [6.07, 6.45) is 1.10. The lowest BCUT2D eigenvalue weighted by molar-refractivity contribution is -0.171. The molecule has 0 aliphatic carbocycles. The molecule has 1 aliphatic heterocycles. The molecule has 5 heteroatoms. The van der Waals surface area contributed by atoms with E-state index in [2.05, 4.69) is 0 Å². The smallest absolute Gasteiger partial charge is 0.351 e. The lowest BCUT2D eigenvalue weighted by Gasteiger charge is -2.29. The Morgan fingerprint density at radius 3 is 2.85 bits per heavy atom. The van der Waals surface area contributed by atoms with Gasteiger partial charge in [0.1, 0.15) is 6.61 Å². The van der Waals surface area contributed by atoms with Crippen molar-refractivity contribution in [2.75, 3.05) is 20.3 Å². The first-order valence-corrected chi connectivity index (χ1v) is 6.86. The van der Waals surface area contributed by atoms with Gasteiger partial charge >= 0.3 is 5.97 Å². The summed E-state index contributed by atoms with van der Waals surface area (Å²) in [5.74, 6) is -0.406. The van der Waals surface area contributed by atoms with Crippen molar-refractivity contribution < 1.29 is 19.4 Å². The molecule has 0 radical (unpaired) electrons. The minimum atomic E-state index is -0.738. The lowest BCUT2D eigenvalue weighted by atomic mass is 10.2. The van der Waals surface area contributed by atoms with Gasteiger partial charge in [0.25, 0.3) is 0 Å². The largest absolute Gasteiger partial charge is 0.458 e. The van der Waals surface area contributed by atoms with Gasteiger partial charge in [0.15, 0.2) is 0 Å². The number of aliphatic hydroxyl groups excluding tert-OH is 1. The van der Waals surface area contributed by atoms with Crippen molar-refractivity contribution >= 4 is 5.97 Å². The number of aliphatic hydroxyl groups is 1. The topological polar surface area (TPSA) is 59.0 Å². The third kappa shape index (κ3) is 3.56. The highest BCUT2D eigenvalue weighted by molar-refractivity contribution is 5.74. The average Bonchev–Trinajstić information content (AvgIpc) is 2.95. The van der Waals surface area contributed by atoms with E-state index < -0.39 is 12.2 Å². The molecule has 20 heavy (non-hydrogen) atoms. The molecular formula is C15H21NO4. The Bertz CT molecular complexity index is 423. The van der Waals surface area contributed by atoms with Crippen LogP contribution in [-0.4, -0.2) is 48.5 Å². The van der Waals surface area contributed by atoms with Gasteiger partial charge in [0.05, 0.1) is 6.61 Å². The highest BCUT2D eigenvalue weighted by Gasteiger charge is 2.35. The number of hydrogen-bond acceptors (Lipinski definition) is 5. The molecule has 0 aromatic heterocycles. The molecule has 0 saturated carbocycles. The second-order valence-corrected chi connectivity index (χ2v) is 4.90. The molecule has 1 aromatic carbocycles. The summed E-state index contributed by atoms with van der Waals surface area (Å²) in [5.41, 5.74) is 0.941. The zero-order chi connectivity index (χ0) is 14.4. The fourth-order valence-corrected chi connectivity index (χ4v) is 2.53. The Hall–Kier alpha value is -1.43. The summed E-state index contributed by atoms with van der Waals surface area (Å²) in [7, 11) is 1.49. The fraction of sp³-hybridized carbons (Fsp3) is 0.533. The molecule has 5 nitrogen and oxygen atoms in total. The van der Waals surface area contributed by atoms with Gasteiger partial charge in [-0.15, -0.1) is 0 Å². The normalized spacial score (nSPS) is 20.8. The first kappa shape index (κ1) is 15.0. The molecule has 2 atom stereocenters. The monoisotopic (exact) mass is 279 g/mol. The molecule has 110 valence electrons. The molecule has 0 amide bonds. The van der Waals surface area contributed by atoms with E-state index in [9.17, 15) is 9.90 Å². The molecule has 0 spiro atoms. The van der Waals surface area contributed by atoms with Crippen LogP contribution in [0.15, 0.2) is 30.3 Å². The van der Waals surface area contributed by atoms with Gasteiger partial charge in [0.2, 0.25) is 6.23 Å². The van der Waals surface area contributed by atoms with Gasteiger partial charge in [-0.1, -0.05) is 30.3 Å². The van der Waals surface area contributed by atoms with E-state index in [1.54, 1.807) is 0 Å². The first-order chi connectivity index (χ1) is 9.76. The summed E-state index contributed by atoms with van der Waals surface area (Å²) in [6, 6.07) is 9.50. The van der Waals surface area contributed by atoms with Crippen molar-refractivity contribution in [3.8, 4) is 0 Å². The number of benzene rings is 1. The number of hydrogen-bond donors (Lipinski definition) is 1. The maximum absolute atomic E-state index is 12.1. The molecule has 1 heterocycles. The van der Waals surface area contributed by atoms with Crippen LogP contribution in [0.3, 0.4) is 0 Å². The van der Waals surface area contributed by atoms with Crippen LogP contribution < -0.4 is 0 Å². The van der Waals surface area contributed by atoms with Crippen LogP contribution in [0.25, 0.3) is 0 Å². The quantitative estimate of drug-likeness (QED) is 0.792. The number of carbonyl (C=O) groups is 1. The van der Waals surface area contributed by atoms with Crippen molar-refractivity contribution in [3.05, 3.63) is 35.9 Å². The van der Waals surface area contributed by atoms with E-state index in [-0.39, 0.29) is 19.3 Å². The van der Waals surface area contributed by atoms with Gasteiger partial charge in [-0.05, 0) is 18.4 Å². The van der Waals surface area contributed by atoms with Crippen molar-refractivity contribution in [3.63, 3.8) is 0 Å². The van der Waals surface area contributed by atoms with Crippen molar-refractivity contribution in [2.24, 2.45) is 0 Å². The zero-order valence-corrected chi connectivity index (χ0v) is 11.7. The highest BCUT2D eigenvalue weighted by Crippen LogP contribution is 2.21. The summed E-state index contributed by atoms with van der Waals surface area (Å²) < 4.78 is 10.6. The number of carbonyl (C=O) groups excluding carboxylic acids is 1. The van der Waals surface area contributed by atoms with Gasteiger partial charge in [-0.3, -0.25) is 4.90 Å². The Morgan fingerprint density at radius 1 is 1.45 bits per heavy atom. The molecule has 1 N–H and O–H groups in total. The Morgan fingerprint density at radius 2 is 2.20 bits per heavy atom.